The van der Waals surface area contributed by atoms with Crippen LogP contribution in [0.1, 0.15) is 5.56 Å². The molecule has 0 aromatic heterocycles. The Balaban J connectivity index is 1.99. The first-order valence-corrected chi connectivity index (χ1v) is 5.73. The summed E-state index contributed by atoms with van der Waals surface area (Å²) in [5, 5.41) is 4.79. The monoisotopic (exact) mass is 251 g/mol. The topological polar surface area (TPSA) is 12.0 Å². The second-order valence-corrected chi connectivity index (χ2v) is 4.36. The van der Waals surface area contributed by atoms with E-state index in [0.29, 0.717) is 0 Å². The predicted octanol–water partition coefficient (Wildman–Crippen LogP) is 4.61. The van der Waals surface area contributed by atoms with Gasteiger partial charge in [0.1, 0.15) is 0 Å². The van der Waals surface area contributed by atoms with E-state index in [2.05, 4.69) is 5.32 Å². The van der Waals surface area contributed by atoms with Crippen LogP contribution in [0.25, 0.3) is 0 Å². The lowest BCUT2D eigenvalue weighted by atomic mass is 10.2. The molecule has 3 heteroatoms. The summed E-state index contributed by atoms with van der Waals surface area (Å²) in [5.41, 5.74) is 2.20. The van der Waals surface area contributed by atoms with E-state index in [-0.39, 0.29) is 0 Å². The van der Waals surface area contributed by atoms with Gasteiger partial charge in [-0.05, 0) is 35.9 Å². The lowest BCUT2D eigenvalue weighted by molar-refractivity contribution is 1.15. The first kappa shape index (κ1) is 11.3. The van der Waals surface area contributed by atoms with Crippen molar-refractivity contribution >= 4 is 28.9 Å². The molecule has 0 aliphatic rings. The van der Waals surface area contributed by atoms with Crippen molar-refractivity contribution in [1.29, 1.82) is 0 Å². The summed E-state index contributed by atoms with van der Waals surface area (Å²) in [6, 6.07) is 15.4. The van der Waals surface area contributed by atoms with Crippen LogP contribution in [0, 0.1) is 0 Å². The summed E-state index contributed by atoms with van der Waals surface area (Å²) in [6.07, 6.45) is 0. The fourth-order valence-electron chi connectivity index (χ4n) is 1.40. The third-order valence-corrected chi connectivity index (χ3v) is 2.72. The number of benzene rings is 2. The van der Waals surface area contributed by atoms with E-state index in [9.17, 15) is 0 Å². The Bertz CT molecular complexity index is 466. The van der Waals surface area contributed by atoms with Gasteiger partial charge in [-0.25, -0.2) is 0 Å². The van der Waals surface area contributed by atoms with Crippen LogP contribution in [0.2, 0.25) is 10.0 Å². The van der Waals surface area contributed by atoms with Crippen LogP contribution in [-0.2, 0) is 6.54 Å². The van der Waals surface area contributed by atoms with E-state index < -0.39 is 0 Å². The van der Waals surface area contributed by atoms with Crippen LogP contribution in [0.4, 0.5) is 5.69 Å². The maximum absolute atomic E-state index is 5.89. The molecule has 0 bridgehead atoms. The van der Waals surface area contributed by atoms with Crippen LogP contribution in [0.5, 0.6) is 0 Å². The van der Waals surface area contributed by atoms with Crippen molar-refractivity contribution in [1.82, 2.24) is 0 Å². The van der Waals surface area contributed by atoms with E-state index in [1.165, 1.54) is 5.56 Å². The van der Waals surface area contributed by atoms with Gasteiger partial charge < -0.3 is 5.32 Å². The van der Waals surface area contributed by atoms with E-state index in [4.69, 9.17) is 23.2 Å². The van der Waals surface area contributed by atoms with Gasteiger partial charge in [0, 0.05) is 22.3 Å². The van der Waals surface area contributed by atoms with Gasteiger partial charge in [0.25, 0.3) is 0 Å². The second kappa shape index (κ2) is 5.24. The smallest absolute Gasteiger partial charge is 0.0426 e. The molecule has 0 atom stereocenters. The Kier molecular flexibility index (Phi) is 3.70. The fourth-order valence-corrected chi connectivity index (χ4v) is 1.72. The molecule has 0 radical (unpaired) electrons. The van der Waals surface area contributed by atoms with E-state index in [1.54, 1.807) is 0 Å². The number of nitrogens with one attached hydrogen (secondary N) is 1. The molecule has 0 saturated carbocycles. The zero-order chi connectivity index (χ0) is 11.4. The van der Waals surface area contributed by atoms with E-state index >= 15 is 0 Å². The molecule has 0 saturated heterocycles. The molecule has 2 rings (SSSR count). The van der Waals surface area contributed by atoms with Crippen LogP contribution in [0.15, 0.2) is 48.5 Å². The Hall–Kier alpha value is -1.18. The Labute approximate surface area is 105 Å². The summed E-state index contributed by atoms with van der Waals surface area (Å²) in [6.45, 7) is 0.761. The molecule has 0 spiro atoms. The third-order valence-electron chi connectivity index (χ3n) is 2.23. The summed E-state index contributed by atoms with van der Waals surface area (Å²) >= 11 is 11.7. The average Bonchev–Trinajstić information content (AvgIpc) is 2.28. The minimum atomic E-state index is 0.737. The first-order valence-electron chi connectivity index (χ1n) is 4.98. The molecule has 0 heterocycles. The number of hydrogen-bond acceptors (Lipinski definition) is 1. The van der Waals surface area contributed by atoms with Crippen molar-refractivity contribution in [2.45, 2.75) is 6.54 Å². The molecular formula is C13H11Cl2N. The SMILES string of the molecule is Clc1ccc(CNc2cccc(Cl)c2)cc1. The second-order valence-electron chi connectivity index (χ2n) is 3.49. The van der Waals surface area contributed by atoms with Crippen molar-refractivity contribution in [3.8, 4) is 0 Å². The highest BCUT2D eigenvalue weighted by molar-refractivity contribution is 6.31. The zero-order valence-electron chi connectivity index (χ0n) is 8.58. The quantitative estimate of drug-likeness (QED) is 0.841. The molecule has 0 aliphatic heterocycles. The number of anilines is 1. The van der Waals surface area contributed by atoms with Gasteiger partial charge >= 0.3 is 0 Å². The molecule has 16 heavy (non-hydrogen) atoms. The van der Waals surface area contributed by atoms with E-state index in [0.717, 1.165) is 22.3 Å². The van der Waals surface area contributed by atoms with Crippen molar-refractivity contribution in [3.05, 3.63) is 64.1 Å². The lowest BCUT2D eigenvalue weighted by Gasteiger charge is -2.06. The molecular weight excluding hydrogens is 241 g/mol. The van der Waals surface area contributed by atoms with Crippen LogP contribution in [-0.4, -0.2) is 0 Å². The van der Waals surface area contributed by atoms with Gasteiger partial charge in [-0.3, -0.25) is 0 Å². The molecule has 2 aromatic carbocycles. The Morgan fingerprint density at radius 1 is 0.875 bits per heavy atom. The third kappa shape index (κ3) is 3.16. The molecule has 1 N–H and O–H groups in total. The largest absolute Gasteiger partial charge is 0.381 e. The molecule has 82 valence electrons. The van der Waals surface area contributed by atoms with Gasteiger partial charge in [-0.15, -0.1) is 0 Å². The number of rotatable bonds is 3. The molecule has 1 nitrogen and oxygen atoms in total. The highest BCUT2D eigenvalue weighted by atomic mass is 35.5. The normalized spacial score (nSPS) is 10.1. The molecule has 0 unspecified atom stereocenters. The predicted molar refractivity (Wildman–Crippen MR) is 70.2 cm³/mol. The van der Waals surface area contributed by atoms with E-state index in [1.807, 2.05) is 48.5 Å². The maximum Gasteiger partial charge on any atom is 0.0426 e. The average molecular weight is 252 g/mol. The summed E-state index contributed by atoms with van der Waals surface area (Å²) < 4.78 is 0. The molecule has 0 amide bonds. The van der Waals surface area contributed by atoms with Crippen molar-refractivity contribution < 1.29 is 0 Å². The molecule has 0 aliphatic carbocycles. The van der Waals surface area contributed by atoms with Gasteiger partial charge in [0.15, 0.2) is 0 Å². The van der Waals surface area contributed by atoms with Crippen molar-refractivity contribution in [2.24, 2.45) is 0 Å². The van der Waals surface area contributed by atoms with Crippen LogP contribution < -0.4 is 5.32 Å². The van der Waals surface area contributed by atoms with Gasteiger partial charge in [-0.1, -0.05) is 41.4 Å². The van der Waals surface area contributed by atoms with Crippen LogP contribution in [0.3, 0.4) is 0 Å². The minimum Gasteiger partial charge on any atom is -0.381 e. The van der Waals surface area contributed by atoms with Gasteiger partial charge in [0.05, 0.1) is 0 Å². The Morgan fingerprint density at radius 3 is 2.31 bits per heavy atom. The standard InChI is InChI=1S/C13H11Cl2N/c14-11-6-4-10(5-7-11)9-16-13-3-1-2-12(15)8-13/h1-8,16H,9H2. The van der Waals surface area contributed by atoms with Crippen molar-refractivity contribution in [3.63, 3.8) is 0 Å². The van der Waals surface area contributed by atoms with Gasteiger partial charge in [-0.2, -0.15) is 0 Å². The first-order chi connectivity index (χ1) is 7.74. The maximum atomic E-state index is 5.89. The molecule has 0 fully saturated rings. The minimum absolute atomic E-state index is 0.737. The molecule has 2 aromatic rings. The van der Waals surface area contributed by atoms with Gasteiger partial charge in [0.2, 0.25) is 0 Å². The van der Waals surface area contributed by atoms with Crippen molar-refractivity contribution in [2.75, 3.05) is 5.32 Å². The highest BCUT2D eigenvalue weighted by Gasteiger charge is 1.95. The highest BCUT2D eigenvalue weighted by Crippen LogP contribution is 2.16. The lowest BCUT2D eigenvalue weighted by Crippen LogP contribution is -1.98. The summed E-state index contributed by atoms with van der Waals surface area (Å²) in [7, 11) is 0. The van der Waals surface area contributed by atoms with Crippen LogP contribution >= 0.6 is 23.2 Å². The number of halogens is 2. The summed E-state index contributed by atoms with van der Waals surface area (Å²) in [4.78, 5) is 0. The summed E-state index contributed by atoms with van der Waals surface area (Å²) in [5.74, 6) is 0. The number of hydrogen-bond donors (Lipinski definition) is 1. The Morgan fingerprint density at radius 2 is 1.62 bits per heavy atom. The fraction of sp³-hybridized carbons (Fsp3) is 0.0769. The zero-order valence-corrected chi connectivity index (χ0v) is 10.1.